The number of ether oxygens (including phenoxy) is 1. The molecule has 2 amide bonds. The molecular formula is C24H28N2O5S2. The Kier molecular flexibility index (Phi) is 6.90. The number of thiophene rings is 1. The summed E-state index contributed by atoms with van der Waals surface area (Å²) >= 11 is 1.44. The van der Waals surface area contributed by atoms with Gasteiger partial charge in [-0.3, -0.25) is 9.59 Å². The molecule has 33 heavy (non-hydrogen) atoms. The topological polar surface area (TPSA) is 102 Å². The highest BCUT2D eigenvalue weighted by atomic mass is 32.2. The van der Waals surface area contributed by atoms with Crippen molar-refractivity contribution < 1.29 is 22.7 Å². The van der Waals surface area contributed by atoms with Crippen LogP contribution in [0.15, 0.2) is 36.9 Å². The smallest absolute Gasteiger partial charge is 0.256 e. The van der Waals surface area contributed by atoms with Crippen molar-refractivity contribution in [1.82, 2.24) is 5.32 Å². The van der Waals surface area contributed by atoms with Gasteiger partial charge in [0.05, 0.1) is 17.1 Å². The third kappa shape index (κ3) is 5.47. The molecule has 2 heterocycles. The Morgan fingerprint density at radius 1 is 1.21 bits per heavy atom. The third-order valence-corrected chi connectivity index (χ3v) is 8.96. The summed E-state index contributed by atoms with van der Waals surface area (Å²) in [7, 11) is -3.11. The quantitative estimate of drug-likeness (QED) is 0.580. The molecule has 1 aliphatic carbocycles. The fraction of sp³-hybridized carbons (Fsp3) is 0.417. The summed E-state index contributed by atoms with van der Waals surface area (Å²) in [5.74, 6) is 0.580. The SMILES string of the molecule is C=CCOc1ccc(C(=O)Nc2sc3c(c2C(=O)NC2CCS(=O)(=O)C2)CCC(C)C3)cc1. The van der Waals surface area contributed by atoms with E-state index in [1.54, 1.807) is 30.3 Å². The molecule has 2 unspecified atom stereocenters. The molecule has 0 saturated carbocycles. The highest BCUT2D eigenvalue weighted by Gasteiger charge is 2.33. The summed E-state index contributed by atoms with van der Waals surface area (Å²) in [6, 6.07) is 6.38. The van der Waals surface area contributed by atoms with Crippen molar-refractivity contribution in [3.8, 4) is 5.75 Å². The van der Waals surface area contributed by atoms with Gasteiger partial charge in [0, 0.05) is 16.5 Å². The monoisotopic (exact) mass is 488 g/mol. The lowest BCUT2D eigenvalue weighted by Crippen LogP contribution is -2.36. The van der Waals surface area contributed by atoms with Crippen LogP contribution in [0.1, 0.15) is 50.9 Å². The Labute approximate surface area is 198 Å². The molecule has 0 bridgehead atoms. The molecule has 176 valence electrons. The van der Waals surface area contributed by atoms with Crippen molar-refractivity contribution in [3.63, 3.8) is 0 Å². The maximum absolute atomic E-state index is 13.2. The first-order valence-electron chi connectivity index (χ1n) is 11.1. The number of hydrogen-bond donors (Lipinski definition) is 2. The van der Waals surface area contributed by atoms with Gasteiger partial charge in [-0.25, -0.2) is 8.42 Å². The number of amides is 2. The number of rotatable bonds is 7. The Morgan fingerprint density at radius 2 is 1.97 bits per heavy atom. The molecule has 4 rings (SSSR count). The number of carbonyl (C=O) groups excluding carboxylic acids is 2. The predicted molar refractivity (Wildman–Crippen MR) is 130 cm³/mol. The molecular weight excluding hydrogens is 460 g/mol. The van der Waals surface area contributed by atoms with Gasteiger partial charge in [0.2, 0.25) is 0 Å². The number of hydrogen-bond acceptors (Lipinski definition) is 6. The first-order chi connectivity index (χ1) is 15.8. The Hall–Kier alpha value is -2.65. The normalized spacial score (nSPS) is 21.1. The average molecular weight is 489 g/mol. The molecule has 1 aromatic carbocycles. The Morgan fingerprint density at radius 3 is 2.64 bits per heavy atom. The molecule has 2 aromatic rings. The molecule has 2 atom stereocenters. The number of sulfone groups is 1. The Balaban J connectivity index is 1.56. The largest absolute Gasteiger partial charge is 0.490 e. The van der Waals surface area contributed by atoms with E-state index in [4.69, 9.17) is 4.74 Å². The van der Waals surface area contributed by atoms with Gasteiger partial charge in [-0.15, -0.1) is 11.3 Å². The van der Waals surface area contributed by atoms with E-state index in [0.29, 0.717) is 40.8 Å². The standard InChI is InChI=1S/C24H28N2O5S2/c1-3-11-31-18-7-5-16(6-8-18)22(27)26-24-21(19-9-4-15(2)13-20(19)32-24)23(28)25-17-10-12-33(29,30)14-17/h3,5-8,15,17H,1,4,9-14H2,2H3,(H,25,28)(H,26,27). The van der Waals surface area contributed by atoms with Gasteiger partial charge in [-0.1, -0.05) is 19.6 Å². The van der Waals surface area contributed by atoms with Crippen molar-refractivity contribution in [2.75, 3.05) is 23.4 Å². The number of carbonyl (C=O) groups is 2. The van der Waals surface area contributed by atoms with E-state index in [2.05, 4.69) is 24.1 Å². The van der Waals surface area contributed by atoms with Crippen LogP contribution in [0, 0.1) is 5.92 Å². The molecule has 1 fully saturated rings. The first kappa shape index (κ1) is 23.5. The van der Waals surface area contributed by atoms with Crippen LogP contribution < -0.4 is 15.4 Å². The summed E-state index contributed by atoms with van der Waals surface area (Å²) in [6.07, 6.45) is 4.67. The lowest BCUT2D eigenvalue weighted by molar-refractivity contribution is 0.0941. The van der Waals surface area contributed by atoms with Gasteiger partial charge >= 0.3 is 0 Å². The summed E-state index contributed by atoms with van der Waals surface area (Å²) < 4.78 is 29.1. The van der Waals surface area contributed by atoms with E-state index in [0.717, 1.165) is 29.7 Å². The second-order valence-corrected chi connectivity index (χ2v) is 12.0. The molecule has 7 nitrogen and oxygen atoms in total. The molecule has 0 radical (unpaired) electrons. The highest BCUT2D eigenvalue weighted by molar-refractivity contribution is 7.91. The first-order valence-corrected chi connectivity index (χ1v) is 13.7. The van der Waals surface area contributed by atoms with E-state index in [1.807, 2.05) is 0 Å². The summed E-state index contributed by atoms with van der Waals surface area (Å²) in [6.45, 7) is 6.17. The number of fused-ring (bicyclic) bond motifs is 1. The zero-order valence-electron chi connectivity index (χ0n) is 18.6. The van der Waals surface area contributed by atoms with Crippen molar-refractivity contribution >= 4 is 38.0 Å². The van der Waals surface area contributed by atoms with Crippen molar-refractivity contribution in [1.29, 1.82) is 0 Å². The molecule has 9 heteroatoms. The van der Waals surface area contributed by atoms with Gasteiger partial charge in [0.1, 0.15) is 17.4 Å². The highest BCUT2D eigenvalue weighted by Crippen LogP contribution is 2.40. The van der Waals surface area contributed by atoms with Crippen LogP contribution in [0.4, 0.5) is 5.00 Å². The fourth-order valence-corrected chi connectivity index (χ4v) is 7.36. The van der Waals surface area contributed by atoms with Crippen LogP contribution in [0.3, 0.4) is 0 Å². The maximum Gasteiger partial charge on any atom is 0.256 e. The lowest BCUT2D eigenvalue weighted by Gasteiger charge is -2.19. The minimum absolute atomic E-state index is 0.0376. The average Bonchev–Trinajstić information content (AvgIpc) is 3.30. The predicted octanol–water partition coefficient (Wildman–Crippen LogP) is 3.61. The Bertz CT molecular complexity index is 1170. The van der Waals surface area contributed by atoms with Crippen molar-refractivity contribution in [2.24, 2.45) is 5.92 Å². The van der Waals surface area contributed by atoms with E-state index in [1.165, 1.54) is 11.3 Å². The lowest BCUT2D eigenvalue weighted by atomic mass is 9.88. The third-order valence-electron chi connectivity index (χ3n) is 6.02. The zero-order valence-corrected chi connectivity index (χ0v) is 20.2. The minimum Gasteiger partial charge on any atom is -0.490 e. The van der Waals surface area contributed by atoms with E-state index >= 15 is 0 Å². The fourth-order valence-electron chi connectivity index (χ4n) is 4.28. The van der Waals surface area contributed by atoms with Crippen molar-refractivity contribution in [3.05, 3.63) is 58.5 Å². The second kappa shape index (κ2) is 9.69. The van der Waals surface area contributed by atoms with E-state index in [-0.39, 0.29) is 23.3 Å². The van der Waals surface area contributed by atoms with Gasteiger partial charge in [-0.2, -0.15) is 0 Å². The van der Waals surface area contributed by atoms with Crippen LogP contribution in [0.5, 0.6) is 5.75 Å². The number of nitrogens with one attached hydrogen (secondary N) is 2. The molecule has 2 aliphatic rings. The van der Waals surface area contributed by atoms with E-state index in [9.17, 15) is 18.0 Å². The molecule has 0 spiro atoms. The molecule has 1 saturated heterocycles. The molecule has 1 aromatic heterocycles. The van der Waals surface area contributed by atoms with Crippen LogP contribution in [0.25, 0.3) is 0 Å². The van der Waals surface area contributed by atoms with E-state index < -0.39 is 15.9 Å². The minimum atomic E-state index is -3.11. The van der Waals surface area contributed by atoms with Gasteiger partial charge in [0.15, 0.2) is 9.84 Å². The maximum atomic E-state index is 13.2. The van der Waals surface area contributed by atoms with Gasteiger partial charge in [0.25, 0.3) is 11.8 Å². The van der Waals surface area contributed by atoms with Crippen LogP contribution in [-0.4, -0.2) is 44.4 Å². The van der Waals surface area contributed by atoms with Gasteiger partial charge < -0.3 is 15.4 Å². The van der Waals surface area contributed by atoms with Crippen LogP contribution in [0.2, 0.25) is 0 Å². The summed E-state index contributed by atoms with van der Waals surface area (Å²) in [5, 5.41) is 6.34. The number of anilines is 1. The van der Waals surface area contributed by atoms with Crippen LogP contribution in [-0.2, 0) is 22.7 Å². The summed E-state index contributed by atoms with van der Waals surface area (Å²) in [4.78, 5) is 27.3. The zero-order chi connectivity index (χ0) is 23.6. The second-order valence-electron chi connectivity index (χ2n) is 8.71. The van der Waals surface area contributed by atoms with Crippen molar-refractivity contribution in [2.45, 2.75) is 38.6 Å². The molecule has 1 aliphatic heterocycles. The summed E-state index contributed by atoms with van der Waals surface area (Å²) in [5.41, 5.74) is 1.90. The van der Waals surface area contributed by atoms with Crippen LogP contribution >= 0.6 is 11.3 Å². The van der Waals surface area contributed by atoms with Gasteiger partial charge in [-0.05, 0) is 61.4 Å². The number of benzene rings is 1. The molecule has 2 N–H and O–H groups in total.